The van der Waals surface area contributed by atoms with Crippen LogP contribution in [0.1, 0.15) is 10.4 Å². The number of hydrogen-bond donors (Lipinski definition) is 0. The van der Waals surface area contributed by atoms with E-state index in [4.69, 9.17) is 0 Å². The number of benzene rings is 1. The first-order valence-electron chi connectivity index (χ1n) is 3.76. The van der Waals surface area contributed by atoms with Crippen LogP contribution in [0.2, 0.25) is 0 Å². The maximum absolute atomic E-state index is 12.1. The van der Waals surface area contributed by atoms with Crippen molar-refractivity contribution in [3.63, 3.8) is 0 Å². The fourth-order valence-electron chi connectivity index (χ4n) is 0.902. The van der Waals surface area contributed by atoms with Crippen LogP contribution in [0.4, 0.5) is 13.2 Å². The van der Waals surface area contributed by atoms with E-state index in [2.05, 4.69) is 0 Å². The van der Waals surface area contributed by atoms with Crippen LogP contribution in [0.15, 0.2) is 35.6 Å². The quantitative estimate of drug-likeness (QED) is 0.434. The summed E-state index contributed by atoms with van der Waals surface area (Å²) in [7, 11) is 0. The van der Waals surface area contributed by atoms with Gasteiger partial charge in [0.05, 0.1) is 5.29 Å². The number of carbonyl (C=O) groups is 1. The molecule has 0 aliphatic heterocycles. The molecule has 0 aromatic heterocycles. The van der Waals surface area contributed by atoms with Crippen LogP contribution in [-0.2, 0) is 0 Å². The molecule has 0 radical (unpaired) electrons. The van der Waals surface area contributed by atoms with E-state index in [1.165, 1.54) is 18.2 Å². The smallest absolute Gasteiger partial charge is 0.267 e. The van der Waals surface area contributed by atoms with Gasteiger partial charge >= 0.3 is 6.30 Å². The van der Waals surface area contributed by atoms with Gasteiger partial charge in [0.15, 0.2) is 0 Å². The highest BCUT2D eigenvalue weighted by Crippen LogP contribution is 2.23. The number of alkyl halides is 3. The van der Waals surface area contributed by atoms with Crippen LogP contribution in [-0.4, -0.2) is 17.2 Å². The lowest BCUT2D eigenvalue weighted by Gasteiger charge is -2.15. The van der Waals surface area contributed by atoms with E-state index in [1.807, 2.05) is 0 Å². The molecule has 0 saturated heterocycles. The number of amides is 1. The van der Waals surface area contributed by atoms with Crippen LogP contribution >= 0.6 is 0 Å². The number of halogens is 3. The van der Waals surface area contributed by atoms with Crippen LogP contribution in [0.5, 0.6) is 0 Å². The Morgan fingerprint density at radius 3 is 2.13 bits per heavy atom. The molecule has 0 bridgehead atoms. The van der Waals surface area contributed by atoms with Crippen LogP contribution in [0.25, 0.3) is 0 Å². The van der Waals surface area contributed by atoms with Crippen molar-refractivity contribution in [2.24, 2.45) is 5.29 Å². The van der Waals surface area contributed by atoms with E-state index in [9.17, 15) is 22.9 Å². The average molecular weight is 218 g/mol. The Kier molecular flexibility index (Phi) is 3.03. The van der Waals surface area contributed by atoms with Gasteiger partial charge in [0.1, 0.15) is 0 Å². The van der Waals surface area contributed by atoms with Gasteiger partial charge in [-0.2, -0.15) is 0 Å². The molecule has 1 aromatic carbocycles. The Bertz CT molecular complexity index is 364. The molecule has 0 unspecified atom stereocenters. The summed E-state index contributed by atoms with van der Waals surface area (Å²) in [4.78, 5) is 21.0. The van der Waals surface area contributed by atoms with E-state index >= 15 is 0 Å². The molecule has 0 atom stereocenters. The van der Waals surface area contributed by atoms with Crippen LogP contribution in [0.3, 0.4) is 0 Å². The van der Waals surface area contributed by atoms with Gasteiger partial charge in [-0.05, 0) is 12.1 Å². The van der Waals surface area contributed by atoms with Gasteiger partial charge in [-0.1, -0.05) is 23.2 Å². The first kappa shape index (κ1) is 11.2. The molecule has 7 heteroatoms. The topological polar surface area (TPSA) is 49.7 Å². The molecule has 0 fully saturated rings. The van der Waals surface area contributed by atoms with E-state index in [0.717, 1.165) is 12.1 Å². The molecule has 4 nitrogen and oxygen atoms in total. The Balaban J connectivity index is 2.98. The second-order valence-electron chi connectivity index (χ2n) is 2.53. The third-order valence-corrected chi connectivity index (χ3v) is 1.53. The molecule has 15 heavy (non-hydrogen) atoms. The van der Waals surface area contributed by atoms with E-state index in [0.29, 0.717) is 0 Å². The van der Waals surface area contributed by atoms with E-state index in [-0.39, 0.29) is 5.56 Å². The predicted molar refractivity (Wildman–Crippen MR) is 44.5 cm³/mol. The van der Waals surface area contributed by atoms with Crippen molar-refractivity contribution in [2.75, 3.05) is 0 Å². The summed E-state index contributed by atoms with van der Waals surface area (Å²) in [6.45, 7) is 0. The summed E-state index contributed by atoms with van der Waals surface area (Å²) >= 11 is 0. The van der Waals surface area contributed by atoms with Gasteiger partial charge in [0.25, 0.3) is 5.91 Å². The van der Waals surface area contributed by atoms with Gasteiger partial charge in [0.2, 0.25) is 0 Å². The summed E-state index contributed by atoms with van der Waals surface area (Å²) in [5, 5.41) is 0.591. The van der Waals surface area contributed by atoms with Crippen LogP contribution < -0.4 is 0 Å². The van der Waals surface area contributed by atoms with Crippen molar-refractivity contribution < 1.29 is 18.0 Å². The average Bonchev–Trinajstić information content (AvgIpc) is 2.18. The molecular formula is C8H5F3N2O2. The monoisotopic (exact) mass is 218 g/mol. The largest absolute Gasteiger partial charge is 0.510 e. The fraction of sp³-hybridized carbons (Fsp3) is 0.125. The number of nitroso groups, excluding NO2 is 1. The van der Waals surface area contributed by atoms with Gasteiger partial charge in [-0.15, -0.1) is 18.1 Å². The summed E-state index contributed by atoms with van der Waals surface area (Å²) in [5.41, 5.74) is -0.255. The number of carbonyl (C=O) groups excluding carboxylic acids is 1. The van der Waals surface area contributed by atoms with Gasteiger partial charge in [-0.3, -0.25) is 4.79 Å². The van der Waals surface area contributed by atoms with Crippen molar-refractivity contribution in [1.29, 1.82) is 0 Å². The summed E-state index contributed by atoms with van der Waals surface area (Å²) in [6.07, 6.45) is -5.10. The van der Waals surface area contributed by atoms with Crippen molar-refractivity contribution in [1.82, 2.24) is 5.01 Å². The van der Waals surface area contributed by atoms with Gasteiger partial charge < -0.3 is 0 Å². The molecule has 0 spiro atoms. The lowest BCUT2D eigenvalue weighted by atomic mass is 10.2. The Hall–Kier alpha value is -1.92. The summed E-state index contributed by atoms with van der Waals surface area (Å²) in [5.74, 6) is -1.50. The Morgan fingerprint density at radius 1 is 1.20 bits per heavy atom. The highest BCUT2D eigenvalue weighted by atomic mass is 19.4. The molecule has 0 N–H and O–H groups in total. The molecule has 0 heterocycles. The molecule has 0 aliphatic rings. The molecular weight excluding hydrogens is 213 g/mol. The molecule has 80 valence electrons. The Labute approximate surface area is 82.2 Å². The number of nitrogens with zero attached hydrogens (tertiary/aromatic N) is 2. The standard InChI is InChI=1S/C8H5F3N2O2/c9-8(10,11)13(12-15)7(14)6-4-2-1-3-5-6/h1-5H. The van der Waals surface area contributed by atoms with E-state index < -0.39 is 17.2 Å². The lowest BCUT2D eigenvalue weighted by molar-refractivity contribution is -0.225. The highest BCUT2D eigenvalue weighted by Gasteiger charge is 2.43. The summed E-state index contributed by atoms with van der Waals surface area (Å²) in [6, 6.07) is 6.61. The van der Waals surface area contributed by atoms with Crippen molar-refractivity contribution in [3.05, 3.63) is 40.8 Å². The molecule has 1 rings (SSSR count). The lowest BCUT2D eigenvalue weighted by Crippen LogP contribution is -2.38. The third-order valence-electron chi connectivity index (χ3n) is 1.53. The SMILES string of the molecule is O=NN(C(=O)c1ccccc1)C(F)(F)F. The first-order valence-corrected chi connectivity index (χ1v) is 3.76. The minimum Gasteiger partial charge on any atom is -0.267 e. The molecule has 1 aromatic rings. The predicted octanol–water partition coefficient (Wildman–Crippen LogP) is 2.33. The number of rotatable bonds is 2. The zero-order valence-electron chi connectivity index (χ0n) is 7.23. The minimum absolute atomic E-state index is 0.255. The molecule has 0 saturated carbocycles. The zero-order valence-corrected chi connectivity index (χ0v) is 7.23. The first-order chi connectivity index (χ1) is 6.96. The third kappa shape index (κ3) is 2.52. The van der Waals surface area contributed by atoms with E-state index in [1.54, 1.807) is 5.29 Å². The van der Waals surface area contributed by atoms with Gasteiger partial charge in [-0.25, -0.2) is 0 Å². The van der Waals surface area contributed by atoms with Gasteiger partial charge in [0, 0.05) is 5.56 Å². The summed E-state index contributed by atoms with van der Waals surface area (Å²) < 4.78 is 36.2. The second-order valence-corrected chi connectivity index (χ2v) is 2.53. The molecule has 1 amide bonds. The van der Waals surface area contributed by atoms with Crippen molar-refractivity contribution in [2.45, 2.75) is 6.30 Å². The maximum Gasteiger partial charge on any atom is 0.510 e. The minimum atomic E-state index is -5.10. The fourth-order valence-corrected chi connectivity index (χ4v) is 0.902. The van der Waals surface area contributed by atoms with Crippen molar-refractivity contribution >= 4 is 5.91 Å². The number of hydrogen-bond acceptors (Lipinski definition) is 3. The second kappa shape index (κ2) is 4.07. The zero-order chi connectivity index (χ0) is 11.5. The normalized spacial score (nSPS) is 10.9. The molecule has 0 aliphatic carbocycles. The van der Waals surface area contributed by atoms with Crippen molar-refractivity contribution in [3.8, 4) is 0 Å². The highest BCUT2D eigenvalue weighted by molar-refractivity contribution is 5.94. The van der Waals surface area contributed by atoms with Crippen LogP contribution in [0, 0.1) is 4.91 Å². The Morgan fingerprint density at radius 2 is 1.73 bits per heavy atom. The maximum atomic E-state index is 12.1.